The van der Waals surface area contributed by atoms with Gasteiger partial charge in [0.25, 0.3) is 0 Å². The predicted molar refractivity (Wildman–Crippen MR) is 81.6 cm³/mol. The second-order valence-electron chi connectivity index (χ2n) is 4.85. The molecule has 0 radical (unpaired) electrons. The average molecular weight is 306 g/mol. The standard InChI is InChI=1S/C15H18N2O3S/c16-10-12-1-3-14(4-2-12)20-7-5-17-6-8-21-11-13(17)9-15(18)19/h1-4,13H,5-9,11H2,(H,18,19). The van der Waals surface area contributed by atoms with Crippen LogP contribution in [0.1, 0.15) is 12.0 Å². The Morgan fingerprint density at radius 3 is 2.90 bits per heavy atom. The second kappa shape index (κ2) is 7.91. The fourth-order valence-electron chi connectivity index (χ4n) is 2.28. The van der Waals surface area contributed by atoms with Gasteiger partial charge in [0.05, 0.1) is 18.1 Å². The van der Waals surface area contributed by atoms with Crippen molar-refractivity contribution >= 4 is 17.7 Å². The Kier molecular flexibility index (Phi) is 5.90. The normalized spacial score (nSPS) is 18.9. The van der Waals surface area contributed by atoms with E-state index in [2.05, 4.69) is 11.0 Å². The van der Waals surface area contributed by atoms with Crippen LogP contribution in [0.4, 0.5) is 0 Å². The largest absolute Gasteiger partial charge is 0.492 e. The highest BCUT2D eigenvalue weighted by Gasteiger charge is 2.24. The fraction of sp³-hybridized carbons (Fsp3) is 0.467. The SMILES string of the molecule is N#Cc1ccc(OCCN2CCSCC2CC(=O)O)cc1. The molecule has 1 unspecified atom stereocenters. The van der Waals surface area contributed by atoms with Gasteiger partial charge in [0.15, 0.2) is 0 Å². The van der Waals surface area contributed by atoms with E-state index >= 15 is 0 Å². The number of nitrogens with zero attached hydrogens (tertiary/aromatic N) is 2. The zero-order valence-corrected chi connectivity index (χ0v) is 12.5. The monoisotopic (exact) mass is 306 g/mol. The first-order valence-electron chi connectivity index (χ1n) is 6.85. The van der Waals surface area contributed by atoms with Crippen molar-refractivity contribution in [3.63, 3.8) is 0 Å². The van der Waals surface area contributed by atoms with Crippen molar-refractivity contribution < 1.29 is 14.6 Å². The number of nitriles is 1. The number of carbonyl (C=O) groups is 1. The molecule has 0 aliphatic carbocycles. The molecule has 1 heterocycles. The van der Waals surface area contributed by atoms with E-state index in [0.717, 1.165) is 30.3 Å². The highest BCUT2D eigenvalue weighted by molar-refractivity contribution is 7.99. The van der Waals surface area contributed by atoms with Crippen molar-refractivity contribution in [2.24, 2.45) is 0 Å². The lowest BCUT2D eigenvalue weighted by atomic mass is 10.2. The number of thioether (sulfide) groups is 1. The summed E-state index contributed by atoms with van der Waals surface area (Å²) in [6.45, 7) is 2.14. The molecular weight excluding hydrogens is 288 g/mol. The highest BCUT2D eigenvalue weighted by atomic mass is 32.2. The average Bonchev–Trinajstić information content (AvgIpc) is 2.49. The molecule has 0 saturated carbocycles. The number of carboxylic acid groups (broad SMARTS) is 1. The summed E-state index contributed by atoms with van der Waals surface area (Å²) in [6, 6.07) is 9.15. The van der Waals surface area contributed by atoms with Gasteiger partial charge >= 0.3 is 5.97 Å². The summed E-state index contributed by atoms with van der Waals surface area (Å²) < 4.78 is 5.66. The smallest absolute Gasteiger partial charge is 0.304 e. The molecule has 112 valence electrons. The minimum Gasteiger partial charge on any atom is -0.492 e. The Hall–Kier alpha value is -1.71. The van der Waals surface area contributed by atoms with Crippen LogP contribution in [0.2, 0.25) is 0 Å². The van der Waals surface area contributed by atoms with Gasteiger partial charge in [0.2, 0.25) is 0 Å². The van der Waals surface area contributed by atoms with E-state index in [0.29, 0.717) is 12.2 Å². The van der Waals surface area contributed by atoms with Crippen LogP contribution in [0.5, 0.6) is 5.75 Å². The van der Waals surface area contributed by atoms with Crippen LogP contribution in [-0.2, 0) is 4.79 Å². The lowest BCUT2D eigenvalue weighted by Gasteiger charge is -2.34. The summed E-state index contributed by atoms with van der Waals surface area (Å²) in [5.74, 6) is 1.88. The summed E-state index contributed by atoms with van der Waals surface area (Å²) in [5.41, 5.74) is 0.608. The number of benzene rings is 1. The molecule has 1 fully saturated rings. The molecule has 1 N–H and O–H groups in total. The van der Waals surface area contributed by atoms with E-state index in [9.17, 15) is 4.79 Å². The van der Waals surface area contributed by atoms with E-state index < -0.39 is 5.97 Å². The maximum absolute atomic E-state index is 10.9. The lowest BCUT2D eigenvalue weighted by molar-refractivity contribution is -0.138. The maximum atomic E-state index is 10.9. The van der Waals surface area contributed by atoms with Crippen LogP contribution in [0, 0.1) is 11.3 Å². The predicted octanol–water partition coefficient (Wildman–Crippen LogP) is 1.83. The molecule has 1 saturated heterocycles. The van der Waals surface area contributed by atoms with Gasteiger partial charge in [-0.3, -0.25) is 9.69 Å². The summed E-state index contributed by atoms with van der Waals surface area (Å²) >= 11 is 1.81. The Morgan fingerprint density at radius 2 is 2.24 bits per heavy atom. The van der Waals surface area contributed by atoms with Crippen LogP contribution < -0.4 is 4.74 Å². The molecule has 2 rings (SSSR count). The van der Waals surface area contributed by atoms with E-state index in [1.807, 2.05) is 0 Å². The van der Waals surface area contributed by atoms with Gasteiger partial charge in [-0.15, -0.1) is 0 Å². The Labute approximate surface area is 128 Å². The van der Waals surface area contributed by atoms with Gasteiger partial charge in [0.1, 0.15) is 12.4 Å². The molecular formula is C15H18N2O3S. The molecule has 1 aromatic rings. The zero-order valence-electron chi connectivity index (χ0n) is 11.7. The molecule has 0 bridgehead atoms. The topological polar surface area (TPSA) is 73.6 Å². The molecule has 1 aromatic carbocycles. The summed E-state index contributed by atoms with van der Waals surface area (Å²) in [4.78, 5) is 13.1. The molecule has 6 heteroatoms. The van der Waals surface area contributed by atoms with E-state index in [-0.39, 0.29) is 12.5 Å². The summed E-state index contributed by atoms with van der Waals surface area (Å²) in [6.07, 6.45) is 0.184. The third-order valence-electron chi connectivity index (χ3n) is 3.39. The molecule has 21 heavy (non-hydrogen) atoms. The van der Waals surface area contributed by atoms with Crippen LogP contribution in [-0.4, -0.2) is 53.2 Å². The summed E-state index contributed by atoms with van der Waals surface area (Å²) in [5, 5.41) is 17.7. The van der Waals surface area contributed by atoms with Crippen molar-refractivity contribution in [2.75, 3.05) is 31.2 Å². The van der Waals surface area contributed by atoms with Crippen LogP contribution in [0.3, 0.4) is 0 Å². The Balaban J connectivity index is 1.80. The maximum Gasteiger partial charge on any atom is 0.304 e. The first-order chi connectivity index (χ1) is 10.2. The lowest BCUT2D eigenvalue weighted by Crippen LogP contribution is -2.45. The minimum atomic E-state index is -0.750. The molecule has 5 nitrogen and oxygen atoms in total. The van der Waals surface area contributed by atoms with Crippen molar-refractivity contribution in [3.05, 3.63) is 29.8 Å². The Morgan fingerprint density at radius 1 is 1.48 bits per heavy atom. The number of hydrogen-bond acceptors (Lipinski definition) is 5. The van der Waals surface area contributed by atoms with Crippen molar-refractivity contribution in [1.82, 2.24) is 4.90 Å². The number of carboxylic acids is 1. The van der Waals surface area contributed by atoms with Crippen molar-refractivity contribution in [3.8, 4) is 11.8 Å². The quantitative estimate of drug-likeness (QED) is 0.864. The van der Waals surface area contributed by atoms with Gasteiger partial charge in [-0.2, -0.15) is 17.0 Å². The van der Waals surface area contributed by atoms with Crippen LogP contribution in [0.15, 0.2) is 24.3 Å². The van der Waals surface area contributed by atoms with E-state index in [4.69, 9.17) is 15.1 Å². The number of hydrogen-bond donors (Lipinski definition) is 1. The van der Waals surface area contributed by atoms with Crippen LogP contribution >= 0.6 is 11.8 Å². The van der Waals surface area contributed by atoms with Crippen LogP contribution in [0.25, 0.3) is 0 Å². The van der Waals surface area contributed by atoms with Crippen molar-refractivity contribution in [1.29, 1.82) is 5.26 Å². The third-order valence-corrected chi connectivity index (χ3v) is 4.48. The van der Waals surface area contributed by atoms with Gasteiger partial charge < -0.3 is 9.84 Å². The fourth-order valence-corrected chi connectivity index (χ4v) is 3.41. The number of ether oxygens (including phenoxy) is 1. The van der Waals surface area contributed by atoms with Gasteiger partial charge in [-0.1, -0.05) is 0 Å². The van der Waals surface area contributed by atoms with Crippen molar-refractivity contribution in [2.45, 2.75) is 12.5 Å². The minimum absolute atomic E-state index is 0.0887. The molecule has 1 aliphatic rings. The van der Waals surface area contributed by atoms with Gasteiger partial charge in [-0.25, -0.2) is 0 Å². The van der Waals surface area contributed by atoms with Gasteiger partial charge in [-0.05, 0) is 24.3 Å². The van der Waals surface area contributed by atoms with E-state index in [1.165, 1.54) is 0 Å². The third kappa shape index (κ3) is 4.96. The molecule has 1 aliphatic heterocycles. The Bertz CT molecular complexity index is 513. The number of rotatable bonds is 6. The molecule has 1 atom stereocenters. The second-order valence-corrected chi connectivity index (χ2v) is 6.00. The molecule has 0 aromatic heterocycles. The first-order valence-corrected chi connectivity index (χ1v) is 8.01. The summed E-state index contributed by atoms with van der Waals surface area (Å²) in [7, 11) is 0. The number of aliphatic carboxylic acids is 1. The zero-order chi connectivity index (χ0) is 15.1. The first kappa shape index (κ1) is 15.7. The van der Waals surface area contributed by atoms with E-state index in [1.54, 1.807) is 36.0 Å². The van der Waals surface area contributed by atoms with Gasteiger partial charge in [0, 0.05) is 30.6 Å². The molecule has 0 spiro atoms. The molecule has 0 amide bonds. The highest BCUT2D eigenvalue weighted by Crippen LogP contribution is 2.19.